The van der Waals surface area contributed by atoms with E-state index in [1.807, 2.05) is 0 Å². The Kier molecular flexibility index (Phi) is 12.0. The van der Waals surface area contributed by atoms with Gasteiger partial charge in [0.15, 0.2) is 0 Å². The second kappa shape index (κ2) is 9.58. The van der Waals surface area contributed by atoms with Crippen molar-refractivity contribution in [1.82, 2.24) is 0 Å². The summed E-state index contributed by atoms with van der Waals surface area (Å²) in [6, 6.07) is 0. The molecule has 0 radical (unpaired) electrons. The fourth-order valence-electron chi connectivity index (χ4n) is 1.71. The first-order valence-corrected chi connectivity index (χ1v) is 7.75. The Bertz CT molecular complexity index is 71.9. The van der Waals surface area contributed by atoms with E-state index in [0.717, 1.165) is 18.9 Å². The molecule has 12 heavy (non-hydrogen) atoms. The summed E-state index contributed by atoms with van der Waals surface area (Å²) in [4.78, 5) is 0. The maximum atomic E-state index is 7.00. The Labute approximate surface area is 82.6 Å². The molecule has 0 aromatic carbocycles. The standard InChI is InChI=1S/2C4H9.CH4O.CH3.Al/c2*1-4(2)3;1-2;;/h2*4H,1H2,2-3H3;2H,1H3;1H3;. The number of aliphatic hydroxyl groups excluding tert-OH is 1. The van der Waals surface area contributed by atoms with Crippen molar-refractivity contribution < 1.29 is 5.11 Å². The summed E-state index contributed by atoms with van der Waals surface area (Å²) >= 11 is -0.318. The van der Waals surface area contributed by atoms with E-state index in [2.05, 4.69) is 33.5 Å². The van der Waals surface area contributed by atoms with Gasteiger partial charge >= 0.3 is 0 Å². The average molecular weight is 188 g/mol. The molecule has 74 valence electrons. The van der Waals surface area contributed by atoms with Gasteiger partial charge in [0.25, 0.3) is 14.1 Å². The van der Waals surface area contributed by atoms with Crippen molar-refractivity contribution in [2.24, 2.45) is 11.8 Å². The van der Waals surface area contributed by atoms with Gasteiger partial charge in [-0.2, -0.15) is 0 Å². The van der Waals surface area contributed by atoms with Crippen LogP contribution in [0.2, 0.25) is 16.4 Å². The SMILES string of the molecule is CC(C)[CH2][Al]([CH3])[CH2]C(C)C.CO. The lowest BCUT2D eigenvalue weighted by Crippen LogP contribution is -2.12. The van der Waals surface area contributed by atoms with Crippen molar-refractivity contribution in [2.75, 3.05) is 7.11 Å². The van der Waals surface area contributed by atoms with Crippen molar-refractivity contribution in [3.05, 3.63) is 0 Å². The van der Waals surface area contributed by atoms with Crippen LogP contribution in [0.4, 0.5) is 0 Å². The molecule has 0 unspecified atom stereocenters. The van der Waals surface area contributed by atoms with Crippen LogP contribution in [-0.4, -0.2) is 26.4 Å². The van der Waals surface area contributed by atoms with Crippen LogP contribution in [-0.2, 0) is 0 Å². The number of hydrogen-bond acceptors (Lipinski definition) is 1. The van der Waals surface area contributed by atoms with Crippen LogP contribution in [0.15, 0.2) is 0 Å². The van der Waals surface area contributed by atoms with E-state index in [4.69, 9.17) is 5.11 Å². The zero-order valence-electron chi connectivity index (χ0n) is 9.59. The second-order valence-electron chi connectivity index (χ2n) is 4.36. The van der Waals surface area contributed by atoms with Crippen LogP contribution in [0.25, 0.3) is 0 Å². The van der Waals surface area contributed by atoms with Gasteiger partial charge in [0.05, 0.1) is 0 Å². The largest absolute Gasteiger partial charge is 0.400 e. The quantitative estimate of drug-likeness (QED) is 0.672. The lowest BCUT2D eigenvalue weighted by Gasteiger charge is -2.10. The third kappa shape index (κ3) is 13.1. The van der Waals surface area contributed by atoms with Gasteiger partial charge < -0.3 is 5.11 Å². The highest BCUT2D eigenvalue weighted by atomic mass is 27.2. The smallest absolute Gasteiger partial charge is 0.259 e. The molecule has 0 aliphatic rings. The van der Waals surface area contributed by atoms with Gasteiger partial charge in [-0.25, -0.2) is 0 Å². The Morgan fingerprint density at radius 3 is 1.33 bits per heavy atom. The molecule has 2 heteroatoms. The summed E-state index contributed by atoms with van der Waals surface area (Å²) < 4.78 is 0. The summed E-state index contributed by atoms with van der Waals surface area (Å²) in [7, 11) is 1.00. The van der Waals surface area contributed by atoms with Crippen LogP contribution in [0.3, 0.4) is 0 Å². The first-order valence-electron chi connectivity index (χ1n) is 4.97. The maximum absolute atomic E-state index is 7.00. The first-order chi connectivity index (χ1) is 5.52. The van der Waals surface area contributed by atoms with E-state index in [1.54, 1.807) is 0 Å². The van der Waals surface area contributed by atoms with E-state index in [1.165, 1.54) is 10.6 Å². The van der Waals surface area contributed by atoms with Crippen molar-refractivity contribution >= 4 is 14.1 Å². The van der Waals surface area contributed by atoms with Gasteiger partial charge in [-0.05, 0) is 0 Å². The molecular formula is C10H25AlO. The molecule has 0 bridgehead atoms. The third-order valence-electron chi connectivity index (χ3n) is 1.75. The topological polar surface area (TPSA) is 20.2 Å². The summed E-state index contributed by atoms with van der Waals surface area (Å²) in [5, 5.41) is 10.1. The molecule has 0 aromatic heterocycles. The highest BCUT2D eigenvalue weighted by Gasteiger charge is 2.12. The molecule has 0 spiro atoms. The summed E-state index contributed by atoms with van der Waals surface area (Å²) in [5.74, 6) is 4.36. The number of hydrogen-bond donors (Lipinski definition) is 1. The Balaban J connectivity index is 0. The van der Waals surface area contributed by atoms with E-state index < -0.39 is 0 Å². The minimum absolute atomic E-state index is 0.318. The predicted octanol–water partition coefficient (Wildman–Crippen LogP) is 3.03. The minimum Gasteiger partial charge on any atom is -0.400 e. The molecular weight excluding hydrogens is 163 g/mol. The van der Waals surface area contributed by atoms with Crippen molar-refractivity contribution in [2.45, 2.75) is 44.0 Å². The van der Waals surface area contributed by atoms with Crippen LogP contribution in [0.5, 0.6) is 0 Å². The molecule has 0 heterocycles. The minimum atomic E-state index is -0.318. The number of aliphatic hydroxyl groups is 1. The van der Waals surface area contributed by atoms with Crippen molar-refractivity contribution in [3.63, 3.8) is 0 Å². The molecule has 1 N–H and O–H groups in total. The van der Waals surface area contributed by atoms with E-state index in [-0.39, 0.29) is 14.1 Å². The molecule has 0 rings (SSSR count). The van der Waals surface area contributed by atoms with Crippen LogP contribution >= 0.6 is 0 Å². The molecule has 0 aliphatic carbocycles. The van der Waals surface area contributed by atoms with Gasteiger partial charge in [0.2, 0.25) is 0 Å². The summed E-state index contributed by atoms with van der Waals surface area (Å²) in [5.41, 5.74) is 0. The van der Waals surface area contributed by atoms with E-state index >= 15 is 0 Å². The van der Waals surface area contributed by atoms with E-state index in [0.29, 0.717) is 0 Å². The monoisotopic (exact) mass is 188 g/mol. The zero-order valence-corrected chi connectivity index (χ0v) is 10.7. The average Bonchev–Trinajstić information content (AvgIpc) is 1.87. The summed E-state index contributed by atoms with van der Waals surface area (Å²) in [6.45, 7) is 9.35. The zero-order chi connectivity index (χ0) is 10.1. The molecule has 0 aromatic rings. The lowest BCUT2D eigenvalue weighted by molar-refractivity contribution is 0.399. The summed E-state index contributed by atoms with van der Waals surface area (Å²) in [6.07, 6.45) is 0. The fraction of sp³-hybridized carbons (Fsp3) is 1.00. The van der Waals surface area contributed by atoms with Gasteiger partial charge in [-0.15, -0.1) is 5.79 Å². The first kappa shape index (κ1) is 15.0. The molecule has 0 fully saturated rings. The molecule has 0 amide bonds. The van der Waals surface area contributed by atoms with Gasteiger partial charge in [-0.3, -0.25) is 0 Å². The van der Waals surface area contributed by atoms with Gasteiger partial charge in [0, 0.05) is 7.11 Å². The lowest BCUT2D eigenvalue weighted by atomic mass is 10.3. The fourth-order valence-corrected chi connectivity index (χ4v) is 5.12. The maximum Gasteiger partial charge on any atom is 0.259 e. The van der Waals surface area contributed by atoms with E-state index in [9.17, 15) is 0 Å². The Morgan fingerprint density at radius 2 is 1.17 bits per heavy atom. The molecule has 1 nitrogen and oxygen atoms in total. The second-order valence-corrected chi connectivity index (χ2v) is 7.52. The van der Waals surface area contributed by atoms with Crippen LogP contribution in [0.1, 0.15) is 27.7 Å². The Morgan fingerprint density at radius 1 is 0.917 bits per heavy atom. The molecule has 0 aliphatic heterocycles. The van der Waals surface area contributed by atoms with Crippen molar-refractivity contribution in [3.8, 4) is 0 Å². The Hall–Kier alpha value is 0.492. The molecule has 0 atom stereocenters. The van der Waals surface area contributed by atoms with Crippen LogP contribution in [0, 0.1) is 11.8 Å². The van der Waals surface area contributed by atoms with Crippen molar-refractivity contribution in [1.29, 1.82) is 0 Å². The van der Waals surface area contributed by atoms with Crippen LogP contribution < -0.4 is 0 Å². The third-order valence-corrected chi connectivity index (χ3v) is 5.24. The highest BCUT2D eigenvalue weighted by molar-refractivity contribution is 6.57. The molecule has 0 saturated heterocycles. The predicted molar refractivity (Wildman–Crippen MR) is 59.1 cm³/mol. The van der Waals surface area contributed by atoms with Gasteiger partial charge in [0.1, 0.15) is 0 Å². The van der Waals surface area contributed by atoms with Gasteiger partial charge in [-0.1, -0.05) is 50.1 Å². The molecule has 0 saturated carbocycles. The number of rotatable bonds is 4. The normalized spacial score (nSPS) is 9.75. The highest BCUT2D eigenvalue weighted by Crippen LogP contribution is 2.13.